The summed E-state index contributed by atoms with van der Waals surface area (Å²) in [4.78, 5) is 14.3. The van der Waals surface area contributed by atoms with Gasteiger partial charge >= 0.3 is 0 Å². The first-order valence-electron chi connectivity index (χ1n) is 6.32. The van der Waals surface area contributed by atoms with Crippen LogP contribution < -0.4 is 5.32 Å². The van der Waals surface area contributed by atoms with Crippen molar-refractivity contribution in [3.05, 3.63) is 23.7 Å². The van der Waals surface area contributed by atoms with Crippen molar-refractivity contribution in [1.82, 2.24) is 10.2 Å². The zero-order valence-corrected chi connectivity index (χ0v) is 10.1. The fourth-order valence-electron chi connectivity index (χ4n) is 2.99. The van der Waals surface area contributed by atoms with E-state index in [1.807, 2.05) is 11.8 Å². The topological polar surface area (TPSA) is 45.5 Å². The molecule has 3 rings (SSSR count). The van der Waals surface area contributed by atoms with Crippen molar-refractivity contribution in [2.75, 3.05) is 19.6 Å². The van der Waals surface area contributed by atoms with Crippen molar-refractivity contribution in [2.45, 2.75) is 25.8 Å². The lowest BCUT2D eigenvalue weighted by atomic mass is 9.94. The van der Waals surface area contributed by atoms with Gasteiger partial charge in [0.2, 0.25) is 0 Å². The summed E-state index contributed by atoms with van der Waals surface area (Å²) in [5.74, 6) is 1.48. The monoisotopic (exact) mass is 234 g/mol. The predicted octanol–water partition coefficient (Wildman–Crippen LogP) is 1.41. The zero-order valence-electron chi connectivity index (χ0n) is 10.1. The number of aryl methyl sites for hydroxylation is 1. The molecule has 2 aliphatic rings. The second-order valence-electron chi connectivity index (χ2n) is 5.06. The average molecular weight is 234 g/mol. The molecule has 0 bridgehead atoms. The van der Waals surface area contributed by atoms with E-state index in [9.17, 15) is 4.79 Å². The number of furan rings is 1. The van der Waals surface area contributed by atoms with Crippen LogP contribution in [0.4, 0.5) is 0 Å². The Bertz CT molecular complexity index is 413. The first-order valence-corrected chi connectivity index (χ1v) is 6.32. The van der Waals surface area contributed by atoms with Gasteiger partial charge in [0, 0.05) is 19.1 Å². The molecule has 0 unspecified atom stereocenters. The summed E-state index contributed by atoms with van der Waals surface area (Å²) in [6, 6.07) is 2.27. The summed E-state index contributed by atoms with van der Waals surface area (Å²) >= 11 is 0. The Balaban J connectivity index is 1.74. The van der Waals surface area contributed by atoms with Crippen LogP contribution in [0.5, 0.6) is 0 Å². The molecule has 17 heavy (non-hydrogen) atoms. The number of carbonyl (C=O) groups is 1. The van der Waals surface area contributed by atoms with Gasteiger partial charge in [0.25, 0.3) is 5.91 Å². The Labute approximate surface area is 101 Å². The summed E-state index contributed by atoms with van der Waals surface area (Å²) in [7, 11) is 0. The third-order valence-corrected chi connectivity index (χ3v) is 3.98. The highest BCUT2D eigenvalue weighted by atomic mass is 16.3. The van der Waals surface area contributed by atoms with Crippen LogP contribution in [0.1, 0.15) is 29.0 Å². The SMILES string of the molecule is Cc1occc1C(=O)N1C[C@@H]2CCCN[C@@H]2C1. The second-order valence-corrected chi connectivity index (χ2v) is 5.06. The molecule has 1 amide bonds. The third kappa shape index (κ3) is 1.86. The molecule has 2 fully saturated rings. The molecule has 0 aromatic carbocycles. The molecule has 0 radical (unpaired) electrons. The van der Waals surface area contributed by atoms with Crippen molar-refractivity contribution in [2.24, 2.45) is 5.92 Å². The van der Waals surface area contributed by atoms with E-state index < -0.39 is 0 Å². The largest absolute Gasteiger partial charge is 0.469 e. The van der Waals surface area contributed by atoms with Crippen molar-refractivity contribution in [1.29, 1.82) is 0 Å². The lowest BCUT2D eigenvalue weighted by Crippen LogP contribution is -2.41. The third-order valence-electron chi connectivity index (χ3n) is 3.98. The van der Waals surface area contributed by atoms with Crippen LogP contribution in [0.2, 0.25) is 0 Å². The Morgan fingerprint density at radius 3 is 3.12 bits per heavy atom. The summed E-state index contributed by atoms with van der Waals surface area (Å²) in [6.07, 6.45) is 4.06. The van der Waals surface area contributed by atoms with Gasteiger partial charge < -0.3 is 14.6 Å². The first kappa shape index (κ1) is 10.8. The molecule has 1 aromatic rings. The molecule has 0 saturated carbocycles. The van der Waals surface area contributed by atoms with Gasteiger partial charge in [-0.05, 0) is 38.3 Å². The quantitative estimate of drug-likeness (QED) is 0.799. The average Bonchev–Trinajstić information content (AvgIpc) is 2.93. The first-order chi connectivity index (χ1) is 8.25. The van der Waals surface area contributed by atoms with Crippen LogP contribution in [-0.2, 0) is 0 Å². The number of fused-ring (bicyclic) bond motifs is 1. The number of carbonyl (C=O) groups excluding carboxylic acids is 1. The normalized spacial score (nSPS) is 28.2. The highest BCUT2D eigenvalue weighted by Gasteiger charge is 2.37. The molecule has 1 aromatic heterocycles. The minimum Gasteiger partial charge on any atom is -0.469 e. The van der Waals surface area contributed by atoms with Crippen molar-refractivity contribution >= 4 is 5.91 Å². The van der Waals surface area contributed by atoms with Crippen LogP contribution >= 0.6 is 0 Å². The fraction of sp³-hybridized carbons (Fsp3) is 0.615. The van der Waals surface area contributed by atoms with Crippen LogP contribution in [-0.4, -0.2) is 36.5 Å². The van der Waals surface area contributed by atoms with Crippen molar-refractivity contribution in [3.8, 4) is 0 Å². The molecule has 1 N–H and O–H groups in total. The van der Waals surface area contributed by atoms with Gasteiger partial charge in [0.1, 0.15) is 5.76 Å². The molecule has 2 atom stereocenters. The van der Waals surface area contributed by atoms with E-state index in [1.165, 1.54) is 12.8 Å². The maximum Gasteiger partial charge on any atom is 0.257 e. The minimum atomic E-state index is 0.118. The van der Waals surface area contributed by atoms with Gasteiger partial charge in [-0.3, -0.25) is 4.79 Å². The standard InChI is InChI=1S/C13H18N2O2/c1-9-11(4-6-17-9)13(16)15-7-10-3-2-5-14-12(10)8-15/h4,6,10,12,14H,2-3,5,7-8H2,1H3/t10-,12+/m0/s1. The van der Waals surface area contributed by atoms with Crippen molar-refractivity contribution < 1.29 is 9.21 Å². The molecule has 2 saturated heterocycles. The smallest absolute Gasteiger partial charge is 0.257 e. The molecule has 0 spiro atoms. The lowest BCUT2D eigenvalue weighted by Gasteiger charge is -2.24. The molecular formula is C13H18N2O2. The molecule has 4 nitrogen and oxygen atoms in total. The van der Waals surface area contributed by atoms with E-state index in [-0.39, 0.29) is 5.91 Å². The summed E-state index contributed by atoms with van der Waals surface area (Å²) in [5.41, 5.74) is 0.712. The van der Waals surface area contributed by atoms with Gasteiger partial charge in [0.15, 0.2) is 0 Å². The van der Waals surface area contributed by atoms with Crippen LogP contribution in [0.3, 0.4) is 0 Å². The van der Waals surface area contributed by atoms with Gasteiger partial charge in [-0.2, -0.15) is 0 Å². The highest BCUT2D eigenvalue weighted by molar-refractivity contribution is 5.95. The predicted molar refractivity (Wildman–Crippen MR) is 63.9 cm³/mol. The Morgan fingerprint density at radius 2 is 2.41 bits per heavy atom. The number of hydrogen-bond acceptors (Lipinski definition) is 3. The van der Waals surface area contributed by atoms with Gasteiger partial charge in [-0.25, -0.2) is 0 Å². The number of amides is 1. The Morgan fingerprint density at radius 1 is 1.53 bits per heavy atom. The lowest BCUT2D eigenvalue weighted by molar-refractivity contribution is 0.0784. The van der Waals surface area contributed by atoms with Gasteiger partial charge in [0.05, 0.1) is 11.8 Å². The van der Waals surface area contributed by atoms with E-state index >= 15 is 0 Å². The molecule has 2 aliphatic heterocycles. The molecule has 92 valence electrons. The Hall–Kier alpha value is -1.29. The van der Waals surface area contributed by atoms with Gasteiger partial charge in [-0.1, -0.05) is 0 Å². The number of likely N-dealkylation sites (tertiary alicyclic amines) is 1. The molecule has 3 heterocycles. The fourth-order valence-corrected chi connectivity index (χ4v) is 2.99. The van der Waals surface area contributed by atoms with E-state index in [0.717, 1.165) is 25.4 Å². The van der Waals surface area contributed by atoms with E-state index in [0.29, 0.717) is 17.5 Å². The number of nitrogens with zero attached hydrogens (tertiary/aromatic N) is 1. The number of piperidine rings is 1. The maximum absolute atomic E-state index is 12.3. The van der Waals surface area contributed by atoms with Crippen LogP contribution in [0.25, 0.3) is 0 Å². The summed E-state index contributed by atoms with van der Waals surface area (Å²) in [5, 5.41) is 3.51. The van der Waals surface area contributed by atoms with E-state index in [1.54, 1.807) is 12.3 Å². The zero-order chi connectivity index (χ0) is 11.8. The number of hydrogen-bond donors (Lipinski definition) is 1. The molecule has 4 heteroatoms. The Kier molecular flexibility index (Phi) is 2.67. The second kappa shape index (κ2) is 4.18. The van der Waals surface area contributed by atoms with E-state index in [2.05, 4.69) is 5.32 Å². The maximum atomic E-state index is 12.3. The number of nitrogens with one attached hydrogen (secondary N) is 1. The van der Waals surface area contributed by atoms with Gasteiger partial charge in [-0.15, -0.1) is 0 Å². The summed E-state index contributed by atoms with van der Waals surface area (Å²) < 4.78 is 5.20. The number of rotatable bonds is 1. The van der Waals surface area contributed by atoms with Crippen LogP contribution in [0.15, 0.2) is 16.7 Å². The minimum absolute atomic E-state index is 0.118. The molecule has 0 aliphatic carbocycles. The van der Waals surface area contributed by atoms with E-state index in [4.69, 9.17) is 4.42 Å². The van der Waals surface area contributed by atoms with Crippen molar-refractivity contribution in [3.63, 3.8) is 0 Å². The molecular weight excluding hydrogens is 216 g/mol. The summed E-state index contributed by atoms with van der Waals surface area (Å²) in [6.45, 7) is 4.66. The van der Waals surface area contributed by atoms with Crippen LogP contribution in [0, 0.1) is 12.8 Å². The highest BCUT2D eigenvalue weighted by Crippen LogP contribution is 2.26.